The first-order valence-corrected chi connectivity index (χ1v) is 6.79. The van der Waals surface area contributed by atoms with Gasteiger partial charge < -0.3 is 5.11 Å². The number of aliphatic hydroxyl groups excluding tert-OH is 1. The molecular formula is C15H22O2. The van der Waals surface area contributed by atoms with Crippen LogP contribution in [-0.2, 0) is 4.79 Å². The first-order valence-electron chi connectivity index (χ1n) is 6.79. The maximum absolute atomic E-state index is 11.9. The fraction of sp³-hybridized carbons (Fsp3) is 0.800. The number of hydrogen-bond acceptors (Lipinski definition) is 2. The molecule has 0 radical (unpaired) electrons. The predicted octanol–water partition coefficient (Wildman–Crippen LogP) is 2.42. The number of carbonyl (C=O) groups is 1. The highest BCUT2D eigenvalue weighted by Crippen LogP contribution is 2.69. The molecule has 1 N–H and O–H groups in total. The van der Waals surface area contributed by atoms with Crippen LogP contribution in [0.5, 0.6) is 0 Å². The summed E-state index contributed by atoms with van der Waals surface area (Å²) < 4.78 is 0. The van der Waals surface area contributed by atoms with Crippen LogP contribution in [0.15, 0.2) is 11.6 Å². The topological polar surface area (TPSA) is 37.3 Å². The van der Waals surface area contributed by atoms with E-state index < -0.39 is 0 Å². The Morgan fingerprint density at radius 1 is 1.29 bits per heavy atom. The van der Waals surface area contributed by atoms with Gasteiger partial charge in [0, 0.05) is 5.92 Å². The van der Waals surface area contributed by atoms with E-state index in [1.54, 1.807) is 0 Å². The zero-order valence-corrected chi connectivity index (χ0v) is 11.1. The molecule has 0 spiro atoms. The third-order valence-electron chi connectivity index (χ3n) is 5.64. The summed E-state index contributed by atoms with van der Waals surface area (Å²) in [6, 6.07) is 0. The fourth-order valence-corrected chi connectivity index (χ4v) is 4.63. The third-order valence-corrected chi connectivity index (χ3v) is 5.64. The van der Waals surface area contributed by atoms with Gasteiger partial charge in [0.25, 0.3) is 0 Å². The minimum atomic E-state index is -0.182. The number of carbonyl (C=O) groups excluding carboxylic acids is 1. The van der Waals surface area contributed by atoms with Gasteiger partial charge in [-0.2, -0.15) is 0 Å². The van der Waals surface area contributed by atoms with Crippen molar-refractivity contribution in [3.63, 3.8) is 0 Å². The summed E-state index contributed by atoms with van der Waals surface area (Å²) in [4.78, 5) is 11.9. The molecule has 0 aromatic heterocycles. The number of ketones is 1. The number of rotatable bonds is 0. The molecule has 0 saturated heterocycles. The van der Waals surface area contributed by atoms with E-state index in [2.05, 4.69) is 27.7 Å². The Kier molecular flexibility index (Phi) is 2.17. The van der Waals surface area contributed by atoms with E-state index in [4.69, 9.17) is 0 Å². The largest absolute Gasteiger partial charge is 0.393 e. The van der Waals surface area contributed by atoms with Crippen LogP contribution in [0.1, 0.15) is 34.1 Å². The second kappa shape index (κ2) is 3.23. The van der Waals surface area contributed by atoms with Crippen molar-refractivity contribution in [1.82, 2.24) is 0 Å². The second-order valence-corrected chi connectivity index (χ2v) is 6.94. The van der Waals surface area contributed by atoms with Gasteiger partial charge in [-0.3, -0.25) is 4.79 Å². The molecule has 17 heavy (non-hydrogen) atoms. The van der Waals surface area contributed by atoms with E-state index in [9.17, 15) is 9.90 Å². The van der Waals surface area contributed by atoms with Crippen molar-refractivity contribution < 1.29 is 9.90 Å². The SMILES string of the molecule is CC1CC(O)C2C(C3C1=CC(=O)C3C)C2(C)C. The molecular weight excluding hydrogens is 212 g/mol. The third kappa shape index (κ3) is 1.33. The summed E-state index contributed by atoms with van der Waals surface area (Å²) in [6.07, 6.45) is 2.52. The molecule has 0 bridgehead atoms. The lowest BCUT2D eigenvalue weighted by molar-refractivity contribution is -0.118. The normalized spacial score (nSPS) is 51.4. The summed E-state index contributed by atoms with van der Waals surface area (Å²) in [7, 11) is 0. The lowest BCUT2D eigenvalue weighted by Crippen LogP contribution is -2.20. The molecule has 2 nitrogen and oxygen atoms in total. The number of aliphatic hydroxyl groups is 1. The smallest absolute Gasteiger partial charge is 0.159 e. The van der Waals surface area contributed by atoms with Crippen molar-refractivity contribution in [1.29, 1.82) is 0 Å². The van der Waals surface area contributed by atoms with Crippen molar-refractivity contribution in [2.75, 3.05) is 0 Å². The van der Waals surface area contributed by atoms with Crippen molar-refractivity contribution in [2.45, 2.75) is 40.2 Å². The Bertz CT molecular complexity index is 407. The van der Waals surface area contributed by atoms with Gasteiger partial charge in [-0.25, -0.2) is 0 Å². The second-order valence-electron chi connectivity index (χ2n) is 6.94. The standard InChI is InChI=1S/C15H22O2/c1-7-5-11(17)13-14(15(13,3)4)12-8(2)10(16)6-9(7)12/h6-8,11-14,17H,5H2,1-4H3. The average Bonchev–Trinajstić information content (AvgIpc) is 2.70. The van der Waals surface area contributed by atoms with Crippen LogP contribution in [0.3, 0.4) is 0 Å². The molecule has 6 unspecified atom stereocenters. The maximum atomic E-state index is 11.9. The molecule has 94 valence electrons. The lowest BCUT2D eigenvalue weighted by Gasteiger charge is -2.24. The van der Waals surface area contributed by atoms with Gasteiger partial charge in [-0.1, -0.05) is 33.3 Å². The van der Waals surface area contributed by atoms with E-state index in [-0.39, 0.29) is 17.4 Å². The van der Waals surface area contributed by atoms with Gasteiger partial charge >= 0.3 is 0 Å². The Hall–Kier alpha value is -0.630. The fourth-order valence-electron chi connectivity index (χ4n) is 4.63. The number of hydrogen-bond donors (Lipinski definition) is 1. The van der Waals surface area contributed by atoms with Crippen molar-refractivity contribution in [3.05, 3.63) is 11.6 Å². The first-order chi connectivity index (χ1) is 7.85. The minimum absolute atomic E-state index is 0.132. The van der Waals surface area contributed by atoms with Crippen molar-refractivity contribution in [3.8, 4) is 0 Å². The highest BCUT2D eigenvalue weighted by Gasteiger charge is 2.67. The van der Waals surface area contributed by atoms with Gasteiger partial charge in [0.05, 0.1) is 6.10 Å². The zero-order valence-electron chi connectivity index (χ0n) is 11.1. The Morgan fingerprint density at radius 3 is 2.59 bits per heavy atom. The molecule has 3 aliphatic rings. The predicted molar refractivity (Wildman–Crippen MR) is 66.3 cm³/mol. The van der Waals surface area contributed by atoms with Crippen LogP contribution < -0.4 is 0 Å². The van der Waals surface area contributed by atoms with E-state index >= 15 is 0 Å². The van der Waals surface area contributed by atoms with Crippen LogP contribution >= 0.6 is 0 Å². The average molecular weight is 234 g/mol. The van der Waals surface area contributed by atoms with E-state index in [0.29, 0.717) is 29.5 Å². The van der Waals surface area contributed by atoms with Gasteiger partial charge in [0.1, 0.15) is 0 Å². The van der Waals surface area contributed by atoms with Crippen molar-refractivity contribution in [2.24, 2.45) is 35.0 Å². The van der Waals surface area contributed by atoms with Crippen LogP contribution in [0.4, 0.5) is 0 Å². The molecule has 0 heterocycles. The molecule has 0 aromatic rings. The monoisotopic (exact) mass is 234 g/mol. The zero-order chi connectivity index (χ0) is 12.5. The van der Waals surface area contributed by atoms with Crippen LogP contribution in [0.25, 0.3) is 0 Å². The summed E-state index contributed by atoms with van der Waals surface area (Å²) in [5.74, 6) is 2.10. The van der Waals surface area contributed by atoms with Gasteiger partial charge in [0.2, 0.25) is 0 Å². The van der Waals surface area contributed by atoms with Crippen molar-refractivity contribution >= 4 is 5.78 Å². The minimum Gasteiger partial charge on any atom is -0.393 e. The first kappa shape index (κ1) is 11.5. The van der Waals surface area contributed by atoms with E-state index in [1.807, 2.05) is 6.08 Å². The van der Waals surface area contributed by atoms with Gasteiger partial charge in [0.15, 0.2) is 5.78 Å². The quantitative estimate of drug-likeness (QED) is 0.699. The molecule has 2 heteroatoms. The maximum Gasteiger partial charge on any atom is 0.159 e. The van der Waals surface area contributed by atoms with E-state index in [0.717, 1.165) is 6.42 Å². The summed E-state index contributed by atoms with van der Waals surface area (Å²) >= 11 is 0. The highest BCUT2D eigenvalue weighted by molar-refractivity contribution is 5.95. The van der Waals surface area contributed by atoms with Gasteiger partial charge in [-0.15, -0.1) is 0 Å². The van der Waals surface area contributed by atoms with Crippen LogP contribution in [0, 0.1) is 35.0 Å². The van der Waals surface area contributed by atoms with E-state index in [1.165, 1.54) is 5.57 Å². The Balaban J connectivity index is 2.03. The lowest BCUT2D eigenvalue weighted by atomic mass is 9.80. The van der Waals surface area contributed by atoms with Gasteiger partial charge in [-0.05, 0) is 41.6 Å². The molecule has 3 aliphatic carbocycles. The number of fused-ring (bicyclic) bond motifs is 3. The molecule has 6 atom stereocenters. The molecule has 2 saturated carbocycles. The Labute approximate surface area is 103 Å². The summed E-state index contributed by atoms with van der Waals surface area (Å²) in [6.45, 7) is 8.71. The summed E-state index contributed by atoms with van der Waals surface area (Å²) in [5, 5.41) is 10.3. The highest BCUT2D eigenvalue weighted by atomic mass is 16.3. The Morgan fingerprint density at radius 2 is 1.94 bits per heavy atom. The molecule has 0 amide bonds. The summed E-state index contributed by atoms with van der Waals surface area (Å²) in [5.41, 5.74) is 1.53. The van der Waals surface area contributed by atoms with Crippen LogP contribution in [0.2, 0.25) is 0 Å². The molecule has 0 aliphatic heterocycles. The molecule has 0 aromatic carbocycles. The molecule has 3 rings (SSSR count). The van der Waals surface area contributed by atoms with Crippen LogP contribution in [-0.4, -0.2) is 17.0 Å². The molecule has 2 fully saturated rings. The number of allylic oxidation sites excluding steroid dienone is 2.